The lowest BCUT2D eigenvalue weighted by Crippen LogP contribution is -2.32. The first-order valence-corrected chi connectivity index (χ1v) is 16.8. The fourth-order valence-corrected chi connectivity index (χ4v) is 6.50. The lowest BCUT2D eigenvalue weighted by molar-refractivity contribution is -0.153. The summed E-state index contributed by atoms with van der Waals surface area (Å²) in [6, 6.07) is 0. The van der Waals surface area contributed by atoms with Crippen LogP contribution in [0.2, 0.25) is 0 Å². The van der Waals surface area contributed by atoms with Crippen LogP contribution in [0.4, 0.5) is 0 Å². The zero-order chi connectivity index (χ0) is 37.6. The number of aliphatic hydroxyl groups excluding tert-OH is 1. The van der Waals surface area contributed by atoms with Crippen molar-refractivity contribution in [3.63, 3.8) is 0 Å². The van der Waals surface area contributed by atoms with Crippen LogP contribution in [-0.4, -0.2) is 86.7 Å². The fraction of sp³-hybridized carbons (Fsp3) is 0.595. The molecule has 0 aromatic rings. The van der Waals surface area contributed by atoms with Gasteiger partial charge in [0, 0.05) is 55.5 Å². The molecule has 276 valence electrons. The predicted molar refractivity (Wildman–Crippen MR) is 179 cm³/mol. The Balaban J connectivity index is 3.24. The molecule has 1 N–H and O–H groups in total. The minimum absolute atomic E-state index is 0.0624. The number of allylic oxidation sites excluding steroid dienone is 6. The highest BCUT2D eigenvalue weighted by Crippen LogP contribution is 2.44. The topological polar surface area (TPSA) is 202 Å². The lowest BCUT2D eigenvalue weighted by atomic mass is 9.82. The van der Waals surface area contributed by atoms with Gasteiger partial charge in [0.05, 0.1) is 32.5 Å². The van der Waals surface area contributed by atoms with Crippen LogP contribution in [0.5, 0.6) is 0 Å². The van der Waals surface area contributed by atoms with Gasteiger partial charge in [-0.25, -0.2) is 0 Å². The normalized spacial score (nSPS) is 21.9. The number of carbonyl (C=O) groups is 9. The number of esters is 3. The summed E-state index contributed by atoms with van der Waals surface area (Å²) in [4.78, 5) is 107. The van der Waals surface area contributed by atoms with Gasteiger partial charge in [-0.3, -0.25) is 28.8 Å². The van der Waals surface area contributed by atoms with Crippen LogP contribution < -0.4 is 0 Å². The lowest BCUT2D eigenvalue weighted by Gasteiger charge is -2.28. The van der Waals surface area contributed by atoms with Gasteiger partial charge < -0.3 is 33.7 Å². The van der Waals surface area contributed by atoms with Crippen LogP contribution >= 0.6 is 0 Å². The summed E-state index contributed by atoms with van der Waals surface area (Å²) in [5.41, 5.74) is 0.843. The molecule has 0 radical (unpaired) electrons. The average molecular weight is 703 g/mol. The number of carbonyl (C=O) groups excluding carboxylic acids is 9. The van der Waals surface area contributed by atoms with Crippen molar-refractivity contribution < 1.29 is 62.5 Å². The summed E-state index contributed by atoms with van der Waals surface area (Å²) in [5.74, 6) is -6.13. The fourth-order valence-electron chi connectivity index (χ4n) is 6.50. The summed E-state index contributed by atoms with van der Waals surface area (Å²) < 4.78 is 16.9. The molecule has 0 aromatic heterocycles. The zero-order valence-corrected chi connectivity index (χ0v) is 29.2. The molecule has 0 heterocycles. The number of hydrogen-bond donors (Lipinski definition) is 1. The molecule has 1 aliphatic carbocycles. The second-order valence-electron chi connectivity index (χ2n) is 12.4. The summed E-state index contributed by atoms with van der Waals surface area (Å²) in [5, 5.41) is 10.4. The van der Waals surface area contributed by atoms with Crippen molar-refractivity contribution in [3.8, 4) is 0 Å². The van der Waals surface area contributed by atoms with Gasteiger partial charge in [-0.05, 0) is 55.7 Å². The Labute approximate surface area is 292 Å². The first kappa shape index (κ1) is 43.6. The van der Waals surface area contributed by atoms with Crippen LogP contribution in [0.25, 0.3) is 0 Å². The summed E-state index contributed by atoms with van der Waals surface area (Å²) >= 11 is 0. The van der Waals surface area contributed by atoms with Crippen molar-refractivity contribution >= 4 is 55.6 Å². The van der Waals surface area contributed by atoms with Crippen LogP contribution in [0.1, 0.15) is 72.6 Å². The Morgan fingerprint density at radius 2 is 1.10 bits per heavy atom. The van der Waals surface area contributed by atoms with Gasteiger partial charge in [0.2, 0.25) is 0 Å². The van der Waals surface area contributed by atoms with E-state index in [2.05, 4.69) is 0 Å². The van der Waals surface area contributed by atoms with E-state index < -0.39 is 72.0 Å². The molecule has 0 saturated heterocycles. The number of aliphatic hydroxyl groups is 1. The Morgan fingerprint density at radius 3 is 1.48 bits per heavy atom. The molecule has 13 heteroatoms. The molecule has 8 unspecified atom stereocenters. The van der Waals surface area contributed by atoms with Crippen molar-refractivity contribution in [1.29, 1.82) is 0 Å². The SMILES string of the molecule is CC=C(C=O)C(CC=O)CC(=O)OCC(CO)C1CC(OC(=O)CC(CC=O)C(C=O)=CC)C(C)C1COC(=O)CC(CC=O)C(C=O)=CC. The molecule has 1 fully saturated rings. The minimum atomic E-state index is -0.725. The summed E-state index contributed by atoms with van der Waals surface area (Å²) in [6.45, 7) is 5.76. The molecule has 0 bridgehead atoms. The monoisotopic (exact) mass is 702 g/mol. The standard InChI is InChI=1S/C37H50O13/c1-5-25(18-41)28(8-11-38)14-35(45)48-22-31(21-44)32-17-34(50-37(47)16-30(10-13-40)27(7-3)20-43)24(4)33(32)23-49-36(46)15-29(9-12-39)26(6-2)19-42/h5-7,11-13,18-20,24,28-34,44H,8-10,14-17,21-23H2,1-4H3. The van der Waals surface area contributed by atoms with E-state index in [0.717, 1.165) is 0 Å². The second kappa shape index (κ2) is 23.9. The highest BCUT2D eigenvalue weighted by molar-refractivity contribution is 5.80. The van der Waals surface area contributed by atoms with Crippen LogP contribution in [0.3, 0.4) is 0 Å². The Kier molecular flexibility index (Phi) is 20.8. The molecular formula is C37H50O13. The Hall–Kier alpha value is -4.39. The maximum absolute atomic E-state index is 13.1. The van der Waals surface area contributed by atoms with E-state index in [9.17, 15) is 48.3 Å². The van der Waals surface area contributed by atoms with Gasteiger partial charge in [-0.2, -0.15) is 0 Å². The van der Waals surface area contributed by atoms with Crippen molar-refractivity contribution in [1.82, 2.24) is 0 Å². The van der Waals surface area contributed by atoms with Crippen LogP contribution in [0.15, 0.2) is 34.9 Å². The third kappa shape index (κ3) is 13.5. The smallest absolute Gasteiger partial charge is 0.306 e. The molecule has 0 spiro atoms. The average Bonchev–Trinajstić information content (AvgIpc) is 3.39. The maximum atomic E-state index is 13.1. The Bertz CT molecular complexity index is 1280. The van der Waals surface area contributed by atoms with Gasteiger partial charge >= 0.3 is 17.9 Å². The van der Waals surface area contributed by atoms with Crippen molar-refractivity contribution in [2.75, 3.05) is 19.8 Å². The molecule has 50 heavy (non-hydrogen) atoms. The van der Waals surface area contributed by atoms with Gasteiger partial charge in [-0.1, -0.05) is 25.2 Å². The predicted octanol–water partition coefficient (Wildman–Crippen LogP) is 3.09. The molecule has 8 atom stereocenters. The van der Waals surface area contributed by atoms with E-state index in [-0.39, 0.29) is 74.9 Å². The van der Waals surface area contributed by atoms with Gasteiger partial charge in [-0.15, -0.1) is 0 Å². The highest BCUT2D eigenvalue weighted by Gasteiger charge is 2.47. The highest BCUT2D eigenvalue weighted by atomic mass is 16.5. The number of aldehydes is 6. The number of rotatable bonds is 25. The number of ether oxygens (including phenoxy) is 3. The second-order valence-corrected chi connectivity index (χ2v) is 12.4. The van der Waals surface area contributed by atoms with E-state index in [1.807, 2.05) is 0 Å². The van der Waals surface area contributed by atoms with Gasteiger partial charge in [0.1, 0.15) is 43.8 Å². The molecule has 0 amide bonds. The van der Waals surface area contributed by atoms with Crippen LogP contribution in [-0.2, 0) is 57.4 Å². The van der Waals surface area contributed by atoms with E-state index in [0.29, 0.717) is 37.7 Å². The molecule has 0 aliphatic heterocycles. The maximum Gasteiger partial charge on any atom is 0.306 e. The van der Waals surface area contributed by atoms with E-state index in [1.165, 1.54) is 18.2 Å². The van der Waals surface area contributed by atoms with Crippen molar-refractivity contribution in [3.05, 3.63) is 34.9 Å². The van der Waals surface area contributed by atoms with Crippen molar-refractivity contribution in [2.24, 2.45) is 41.4 Å². The number of hydrogen-bond acceptors (Lipinski definition) is 13. The first-order valence-electron chi connectivity index (χ1n) is 16.8. The summed E-state index contributed by atoms with van der Waals surface area (Å²) in [7, 11) is 0. The molecular weight excluding hydrogens is 652 g/mol. The molecule has 1 saturated carbocycles. The molecule has 1 aliphatic rings. The van der Waals surface area contributed by atoms with E-state index in [1.54, 1.807) is 27.7 Å². The molecule has 1 rings (SSSR count). The third-order valence-corrected chi connectivity index (χ3v) is 9.54. The summed E-state index contributed by atoms with van der Waals surface area (Å²) in [6.07, 6.45) is 6.69. The Morgan fingerprint density at radius 1 is 0.680 bits per heavy atom. The van der Waals surface area contributed by atoms with Crippen molar-refractivity contribution in [2.45, 2.75) is 78.7 Å². The largest absolute Gasteiger partial charge is 0.465 e. The minimum Gasteiger partial charge on any atom is -0.465 e. The van der Waals surface area contributed by atoms with Crippen LogP contribution in [0, 0.1) is 41.4 Å². The molecule has 13 nitrogen and oxygen atoms in total. The third-order valence-electron chi connectivity index (χ3n) is 9.54. The van der Waals surface area contributed by atoms with Gasteiger partial charge in [0.15, 0.2) is 0 Å². The molecule has 0 aromatic carbocycles. The van der Waals surface area contributed by atoms with E-state index in [4.69, 9.17) is 14.2 Å². The first-order chi connectivity index (χ1) is 24.0. The van der Waals surface area contributed by atoms with Gasteiger partial charge in [0.25, 0.3) is 0 Å². The zero-order valence-electron chi connectivity index (χ0n) is 29.2. The van der Waals surface area contributed by atoms with E-state index >= 15 is 0 Å². The quantitative estimate of drug-likeness (QED) is 0.0630.